The molecule has 0 saturated heterocycles. The summed E-state index contributed by atoms with van der Waals surface area (Å²) in [5.41, 5.74) is 2.51. The minimum Gasteiger partial charge on any atom is -0.394 e. The zero-order chi connectivity index (χ0) is 18.5. The highest BCUT2D eigenvalue weighted by molar-refractivity contribution is 5.19. The summed E-state index contributed by atoms with van der Waals surface area (Å²) >= 11 is 0. The van der Waals surface area contributed by atoms with E-state index in [1.165, 1.54) is 18.4 Å². The van der Waals surface area contributed by atoms with Gasteiger partial charge in [0, 0.05) is 12.5 Å². The molecular formula is C24H31NO. The Kier molecular flexibility index (Phi) is 9.57. The Labute approximate surface area is 158 Å². The first kappa shape index (κ1) is 20.2. The molecule has 0 aliphatic heterocycles. The van der Waals surface area contributed by atoms with Crippen molar-refractivity contribution in [2.45, 2.75) is 57.0 Å². The Morgan fingerprint density at radius 3 is 2.23 bits per heavy atom. The van der Waals surface area contributed by atoms with Gasteiger partial charge in [-0.25, -0.2) is 0 Å². The molecule has 0 radical (unpaired) electrons. The number of aliphatic hydroxyl groups is 1. The molecule has 26 heavy (non-hydrogen) atoms. The molecule has 0 fully saturated rings. The zero-order valence-electron chi connectivity index (χ0n) is 15.6. The predicted molar refractivity (Wildman–Crippen MR) is 110 cm³/mol. The van der Waals surface area contributed by atoms with Crippen molar-refractivity contribution in [2.24, 2.45) is 0 Å². The number of terminal acetylenes is 1. The first-order chi connectivity index (χ1) is 12.8. The molecule has 0 saturated carbocycles. The molecule has 0 aliphatic carbocycles. The molecule has 2 atom stereocenters. The van der Waals surface area contributed by atoms with Crippen molar-refractivity contribution < 1.29 is 5.11 Å². The lowest BCUT2D eigenvalue weighted by atomic mass is 9.98. The third kappa shape index (κ3) is 7.44. The van der Waals surface area contributed by atoms with Gasteiger partial charge in [-0.2, -0.15) is 0 Å². The molecule has 2 aromatic rings. The summed E-state index contributed by atoms with van der Waals surface area (Å²) in [6.45, 7) is 0.114. The van der Waals surface area contributed by atoms with Crippen molar-refractivity contribution in [1.82, 2.24) is 5.32 Å². The molecule has 2 N–H and O–H groups in total. The first-order valence-corrected chi connectivity index (χ1v) is 9.72. The summed E-state index contributed by atoms with van der Waals surface area (Å²) in [5, 5.41) is 13.6. The highest BCUT2D eigenvalue weighted by Crippen LogP contribution is 2.18. The molecule has 0 aromatic heterocycles. The maximum Gasteiger partial charge on any atom is 0.0626 e. The first-order valence-electron chi connectivity index (χ1n) is 9.72. The third-order valence-corrected chi connectivity index (χ3v) is 4.82. The van der Waals surface area contributed by atoms with Crippen LogP contribution in [0.15, 0.2) is 60.7 Å². The normalized spacial score (nSPS) is 13.1. The van der Waals surface area contributed by atoms with Crippen LogP contribution in [0.4, 0.5) is 0 Å². The fourth-order valence-electron chi connectivity index (χ4n) is 3.32. The maximum absolute atomic E-state index is 9.87. The van der Waals surface area contributed by atoms with Gasteiger partial charge in [0.1, 0.15) is 0 Å². The van der Waals surface area contributed by atoms with Gasteiger partial charge in [0.25, 0.3) is 0 Å². The maximum atomic E-state index is 9.87. The largest absolute Gasteiger partial charge is 0.394 e. The van der Waals surface area contributed by atoms with E-state index in [2.05, 4.69) is 53.7 Å². The minimum absolute atomic E-state index is 0.0114. The summed E-state index contributed by atoms with van der Waals surface area (Å²) in [7, 11) is 0. The SMILES string of the molecule is C#CCCCCC[C@@H](CCc1ccccc1)N[C@@H](CO)c1ccccc1. The Morgan fingerprint density at radius 2 is 1.58 bits per heavy atom. The Morgan fingerprint density at radius 1 is 0.885 bits per heavy atom. The van der Waals surface area contributed by atoms with Gasteiger partial charge in [-0.3, -0.25) is 0 Å². The van der Waals surface area contributed by atoms with Gasteiger partial charge in [-0.1, -0.05) is 73.5 Å². The van der Waals surface area contributed by atoms with Crippen LogP contribution < -0.4 is 5.32 Å². The lowest BCUT2D eigenvalue weighted by molar-refractivity contribution is 0.226. The Balaban J connectivity index is 1.93. The molecule has 0 aliphatic rings. The lowest BCUT2D eigenvalue weighted by Gasteiger charge is -2.25. The molecule has 0 spiro atoms. The number of nitrogens with one attached hydrogen (secondary N) is 1. The van der Waals surface area contributed by atoms with E-state index in [9.17, 15) is 5.11 Å². The zero-order valence-corrected chi connectivity index (χ0v) is 15.6. The van der Waals surface area contributed by atoms with Crippen LogP contribution in [-0.4, -0.2) is 17.8 Å². The molecule has 0 heterocycles. The van der Waals surface area contributed by atoms with Crippen molar-refractivity contribution in [3.8, 4) is 12.3 Å². The van der Waals surface area contributed by atoms with Crippen molar-refractivity contribution in [2.75, 3.05) is 6.61 Å². The highest BCUT2D eigenvalue weighted by atomic mass is 16.3. The number of rotatable bonds is 12. The molecule has 2 heteroatoms. The highest BCUT2D eigenvalue weighted by Gasteiger charge is 2.16. The molecule has 0 unspecified atom stereocenters. The van der Waals surface area contributed by atoms with Gasteiger partial charge >= 0.3 is 0 Å². The van der Waals surface area contributed by atoms with E-state index in [0.29, 0.717) is 6.04 Å². The van der Waals surface area contributed by atoms with Gasteiger partial charge in [0.2, 0.25) is 0 Å². The van der Waals surface area contributed by atoms with Crippen LogP contribution in [0.2, 0.25) is 0 Å². The third-order valence-electron chi connectivity index (χ3n) is 4.82. The van der Waals surface area contributed by atoms with E-state index in [1.54, 1.807) is 0 Å². The topological polar surface area (TPSA) is 32.3 Å². The summed E-state index contributed by atoms with van der Waals surface area (Å²) in [5.74, 6) is 2.72. The number of hydrogen-bond donors (Lipinski definition) is 2. The van der Waals surface area contributed by atoms with Crippen LogP contribution in [0, 0.1) is 12.3 Å². The van der Waals surface area contributed by atoms with Crippen molar-refractivity contribution >= 4 is 0 Å². The molecule has 138 valence electrons. The molecular weight excluding hydrogens is 318 g/mol. The average molecular weight is 350 g/mol. The van der Waals surface area contributed by atoms with E-state index < -0.39 is 0 Å². The van der Waals surface area contributed by atoms with Crippen LogP contribution in [0.5, 0.6) is 0 Å². The van der Waals surface area contributed by atoms with Gasteiger partial charge in [0.15, 0.2) is 0 Å². The van der Waals surface area contributed by atoms with Gasteiger partial charge in [-0.05, 0) is 36.8 Å². The minimum atomic E-state index is -0.0114. The summed E-state index contributed by atoms with van der Waals surface area (Å²) in [6, 6.07) is 21.2. The molecule has 2 nitrogen and oxygen atoms in total. The van der Waals surface area contributed by atoms with Crippen molar-refractivity contribution in [3.05, 3.63) is 71.8 Å². The smallest absolute Gasteiger partial charge is 0.0626 e. The van der Waals surface area contributed by atoms with Crippen molar-refractivity contribution in [1.29, 1.82) is 0 Å². The Bertz CT molecular complexity index is 632. The molecule has 2 aromatic carbocycles. The van der Waals surface area contributed by atoms with Crippen LogP contribution in [0.25, 0.3) is 0 Å². The number of aliphatic hydroxyl groups excluding tert-OH is 1. The number of benzene rings is 2. The number of unbranched alkanes of at least 4 members (excludes halogenated alkanes) is 3. The second-order valence-electron chi connectivity index (χ2n) is 6.84. The summed E-state index contributed by atoms with van der Waals surface area (Å²) in [6.07, 6.45) is 12.9. The second-order valence-corrected chi connectivity index (χ2v) is 6.84. The summed E-state index contributed by atoms with van der Waals surface area (Å²) in [4.78, 5) is 0. The lowest BCUT2D eigenvalue weighted by Crippen LogP contribution is -2.35. The van der Waals surface area contributed by atoms with E-state index in [1.807, 2.05) is 18.2 Å². The van der Waals surface area contributed by atoms with Crippen molar-refractivity contribution in [3.63, 3.8) is 0 Å². The van der Waals surface area contributed by atoms with Gasteiger partial charge in [0.05, 0.1) is 12.6 Å². The number of hydrogen-bond acceptors (Lipinski definition) is 2. The fraction of sp³-hybridized carbons (Fsp3) is 0.417. The average Bonchev–Trinajstić information content (AvgIpc) is 2.70. The van der Waals surface area contributed by atoms with E-state index in [-0.39, 0.29) is 12.6 Å². The molecule has 0 bridgehead atoms. The van der Waals surface area contributed by atoms with Crippen LogP contribution in [0.1, 0.15) is 55.7 Å². The summed E-state index contributed by atoms with van der Waals surface area (Å²) < 4.78 is 0. The van der Waals surface area contributed by atoms with Gasteiger partial charge in [-0.15, -0.1) is 12.3 Å². The standard InChI is InChI=1S/C24H31NO/c1-2-3-4-5-12-17-23(19-18-21-13-8-6-9-14-21)25-24(20-26)22-15-10-7-11-16-22/h1,6-11,13-16,23-26H,3-5,12,17-20H2/t23-,24-/m0/s1. The predicted octanol–water partition coefficient (Wildman–Crippen LogP) is 4.89. The van der Waals surface area contributed by atoms with Gasteiger partial charge < -0.3 is 10.4 Å². The van der Waals surface area contributed by atoms with Crippen LogP contribution >= 0.6 is 0 Å². The number of aryl methyl sites for hydroxylation is 1. The monoisotopic (exact) mass is 349 g/mol. The van der Waals surface area contributed by atoms with Crippen LogP contribution in [0.3, 0.4) is 0 Å². The van der Waals surface area contributed by atoms with E-state index >= 15 is 0 Å². The quantitative estimate of drug-likeness (QED) is 0.422. The molecule has 2 rings (SSSR count). The fourth-order valence-corrected chi connectivity index (χ4v) is 3.32. The Hall–Kier alpha value is -2.08. The van der Waals surface area contributed by atoms with Crippen LogP contribution in [-0.2, 0) is 6.42 Å². The molecule has 0 amide bonds. The van der Waals surface area contributed by atoms with E-state index in [0.717, 1.165) is 37.7 Å². The second kappa shape index (κ2) is 12.3. The van der Waals surface area contributed by atoms with E-state index in [4.69, 9.17) is 6.42 Å².